The highest BCUT2D eigenvalue weighted by Crippen LogP contribution is 2.35. The molecule has 1 heterocycles. The van der Waals surface area contributed by atoms with Crippen molar-refractivity contribution in [2.24, 2.45) is 11.8 Å². The zero-order valence-corrected chi connectivity index (χ0v) is 15.6. The van der Waals surface area contributed by atoms with Crippen molar-refractivity contribution in [2.45, 2.75) is 58.3 Å². The van der Waals surface area contributed by atoms with Crippen molar-refractivity contribution in [1.82, 2.24) is 0 Å². The van der Waals surface area contributed by atoms with E-state index in [9.17, 15) is 4.79 Å². The summed E-state index contributed by atoms with van der Waals surface area (Å²) in [5.74, 6) is 6.37. The van der Waals surface area contributed by atoms with E-state index >= 15 is 0 Å². The average Bonchev–Trinajstić information content (AvgIpc) is 2.93. The second-order valence-electron chi connectivity index (χ2n) is 6.16. The Kier molecular flexibility index (Phi) is 12.1. The van der Waals surface area contributed by atoms with Gasteiger partial charge in [-0.2, -0.15) is 23.5 Å². The molecule has 0 aromatic heterocycles. The van der Waals surface area contributed by atoms with Crippen LogP contribution in [0.4, 0.5) is 0 Å². The van der Waals surface area contributed by atoms with Gasteiger partial charge in [0.05, 0.1) is 0 Å². The van der Waals surface area contributed by atoms with Crippen LogP contribution in [0, 0.1) is 11.8 Å². The van der Waals surface area contributed by atoms with Gasteiger partial charge < -0.3 is 5.11 Å². The number of thioether (sulfide) groups is 2. The molecule has 2 nitrogen and oxygen atoms in total. The first kappa shape index (κ1) is 20.0. The molecular weight excluding hydrogens is 312 g/mol. The van der Waals surface area contributed by atoms with E-state index in [4.69, 9.17) is 5.11 Å². The lowest BCUT2D eigenvalue weighted by Gasteiger charge is -2.16. The third-order valence-electron chi connectivity index (χ3n) is 4.22. The number of aliphatic carboxylic acids is 1. The van der Waals surface area contributed by atoms with Gasteiger partial charge in [-0.1, -0.05) is 31.9 Å². The number of unbranched alkanes of at least 4 members (excludes halogenated alkanes) is 3. The summed E-state index contributed by atoms with van der Waals surface area (Å²) in [6.07, 6.45) is 13.1. The molecule has 0 amide bonds. The standard InChI is InChI=1S/C18H32O2S2/c1-2-3-8-12-21-13-11-17-15-22-14-16(17)9-6-4-5-7-10-18(19)20/h4,6,16-17H,2-3,5,7-15H2,1H3,(H,19,20)/t16-,17+/m0/s1. The average molecular weight is 345 g/mol. The molecule has 1 N–H and O–H groups in total. The van der Waals surface area contributed by atoms with Crippen LogP contribution >= 0.6 is 23.5 Å². The number of rotatable bonds is 13. The van der Waals surface area contributed by atoms with Gasteiger partial charge in [0.2, 0.25) is 0 Å². The van der Waals surface area contributed by atoms with Crippen molar-refractivity contribution in [3.63, 3.8) is 0 Å². The SMILES string of the molecule is CCCCCSCC[C@@H]1CSC[C@@H]1CC=CCCCC(=O)O. The Morgan fingerprint density at radius 1 is 1.18 bits per heavy atom. The fourth-order valence-electron chi connectivity index (χ4n) is 2.77. The van der Waals surface area contributed by atoms with E-state index in [0.29, 0.717) is 6.42 Å². The summed E-state index contributed by atoms with van der Waals surface area (Å²) in [6, 6.07) is 0. The Bertz CT molecular complexity index is 318. The minimum Gasteiger partial charge on any atom is -0.481 e. The predicted octanol–water partition coefficient (Wildman–Crippen LogP) is 5.48. The summed E-state index contributed by atoms with van der Waals surface area (Å²) in [4.78, 5) is 10.4. The first-order chi connectivity index (χ1) is 10.7. The van der Waals surface area contributed by atoms with Crippen LogP contribution in [0.1, 0.15) is 58.3 Å². The van der Waals surface area contributed by atoms with Gasteiger partial charge in [-0.15, -0.1) is 0 Å². The minimum absolute atomic E-state index is 0.293. The van der Waals surface area contributed by atoms with Crippen molar-refractivity contribution in [3.8, 4) is 0 Å². The van der Waals surface area contributed by atoms with E-state index in [0.717, 1.165) is 24.7 Å². The summed E-state index contributed by atoms with van der Waals surface area (Å²) in [6.45, 7) is 2.26. The van der Waals surface area contributed by atoms with Crippen LogP contribution in [0.5, 0.6) is 0 Å². The number of hydrogen-bond donors (Lipinski definition) is 1. The lowest BCUT2D eigenvalue weighted by atomic mass is 9.90. The maximum absolute atomic E-state index is 10.4. The number of carboxylic acids is 1. The number of hydrogen-bond acceptors (Lipinski definition) is 3. The third kappa shape index (κ3) is 9.83. The van der Waals surface area contributed by atoms with Gasteiger partial charge in [-0.3, -0.25) is 4.79 Å². The first-order valence-corrected chi connectivity index (χ1v) is 11.1. The molecule has 0 bridgehead atoms. The monoisotopic (exact) mass is 344 g/mol. The summed E-state index contributed by atoms with van der Waals surface area (Å²) < 4.78 is 0. The first-order valence-electron chi connectivity index (χ1n) is 8.76. The molecule has 1 fully saturated rings. The summed E-state index contributed by atoms with van der Waals surface area (Å²) in [7, 11) is 0. The van der Waals surface area contributed by atoms with E-state index < -0.39 is 5.97 Å². The highest BCUT2D eigenvalue weighted by atomic mass is 32.2. The van der Waals surface area contributed by atoms with Crippen molar-refractivity contribution in [3.05, 3.63) is 12.2 Å². The van der Waals surface area contributed by atoms with Gasteiger partial charge in [0.15, 0.2) is 0 Å². The molecule has 0 radical (unpaired) electrons. The molecule has 1 rings (SSSR count). The Labute approximate surface area is 144 Å². The van der Waals surface area contributed by atoms with Crippen LogP contribution in [-0.4, -0.2) is 34.1 Å². The van der Waals surface area contributed by atoms with E-state index in [1.807, 2.05) is 0 Å². The van der Waals surface area contributed by atoms with Crippen molar-refractivity contribution in [1.29, 1.82) is 0 Å². The molecule has 1 saturated heterocycles. The van der Waals surface area contributed by atoms with Crippen molar-refractivity contribution in [2.75, 3.05) is 23.0 Å². The van der Waals surface area contributed by atoms with Gasteiger partial charge in [-0.05, 0) is 67.0 Å². The second kappa shape index (κ2) is 13.4. The molecule has 22 heavy (non-hydrogen) atoms. The summed E-state index contributed by atoms with van der Waals surface area (Å²) in [5, 5.41) is 8.60. The predicted molar refractivity (Wildman–Crippen MR) is 101 cm³/mol. The number of carbonyl (C=O) groups is 1. The van der Waals surface area contributed by atoms with Crippen LogP contribution in [0.3, 0.4) is 0 Å². The highest BCUT2D eigenvalue weighted by Gasteiger charge is 2.26. The molecule has 0 aromatic rings. The van der Waals surface area contributed by atoms with Crippen LogP contribution in [0.25, 0.3) is 0 Å². The third-order valence-corrected chi connectivity index (χ3v) is 6.65. The largest absolute Gasteiger partial charge is 0.481 e. The van der Waals surface area contributed by atoms with E-state index in [-0.39, 0.29) is 0 Å². The molecule has 1 aliphatic rings. The van der Waals surface area contributed by atoms with Gasteiger partial charge in [0.1, 0.15) is 0 Å². The molecule has 128 valence electrons. The van der Waals surface area contributed by atoms with Crippen molar-refractivity contribution >= 4 is 29.5 Å². The molecule has 0 aliphatic carbocycles. The second-order valence-corrected chi connectivity index (χ2v) is 8.46. The van der Waals surface area contributed by atoms with Gasteiger partial charge >= 0.3 is 5.97 Å². The summed E-state index contributed by atoms with van der Waals surface area (Å²) in [5.41, 5.74) is 0. The van der Waals surface area contributed by atoms with Crippen LogP contribution in [0.15, 0.2) is 12.2 Å². The Morgan fingerprint density at radius 2 is 2.00 bits per heavy atom. The van der Waals surface area contributed by atoms with Crippen LogP contribution in [0.2, 0.25) is 0 Å². The number of carboxylic acid groups (broad SMARTS) is 1. The molecule has 4 heteroatoms. The lowest BCUT2D eigenvalue weighted by Crippen LogP contribution is -2.12. The molecule has 2 atom stereocenters. The minimum atomic E-state index is -0.683. The maximum Gasteiger partial charge on any atom is 0.303 e. The highest BCUT2D eigenvalue weighted by molar-refractivity contribution is 7.99. The molecular formula is C18H32O2S2. The smallest absolute Gasteiger partial charge is 0.303 e. The zero-order chi connectivity index (χ0) is 16.0. The molecule has 0 spiro atoms. The van der Waals surface area contributed by atoms with E-state index in [1.165, 1.54) is 55.1 Å². The number of allylic oxidation sites excluding steroid dienone is 2. The Hall–Kier alpha value is -0.0900. The lowest BCUT2D eigenvalue weighted by molar-refractivity contribution is -0.137. The fourth-order valence-corrected chi connectivity index (χ4v) is 5.44. The molecule has 0 unspecified atom stereocenters. The Balaban J connectivity index is 2.07. The van der Waals surface area contributed by atoms with Gasteiger partial charge in [-0.25, -0.2) is 0 Å². The van der Waals surface area contributed by atoms with Crippen LogP contribution < -0.4 is 0 Å². The Morgan fingerprint density at radius 3 is 2.77 bits per heavy atom. The quantitative estimate of drug-likeness (QED) is 0.354. The van der Waals surface area contributed by atoms with Crippen LogP contribution in [-0.2, 0) is 4.79 Å². The van der Waals surface area contributed by atoms with E-state index in [1.54, 1.807) is 0 Å². The maximum atomic E-state index is 10.4. The van der Waals surface area contributed by atoms with Gasteiger partial charge in [0.25, 0.3) is 0 Å². The molecule has 1 aliphatic heterocycles. The van der Waals surface area contributed by atoms with E-state index in [2.05, 4.69) is 42.6 Å². The van der Waals surface area contributed by atoms with Gasteiger partial charge in [0, 0.05) is 6.42 Å². The fraction of sp³-hybridized carbons (Fsp3) is 0.833. The normalized spacial score (nSPS) is 21.7. The zero-order valence-electron chi connectivity index (χ0n) is 14.0. The summed E-state index contributed by atoms with van der Waals surface area (Å²) >= 11 is 4.25. The molecule has 0 aromatic carbocycles. The van der Waals surface area contributed by atoms with Crippen molar-refractivity contribution < 1.29 is 9.90 Å². The molecule has 0 saturated carbocycles. The topological polar surface area (TPSA) is 37.3 Å².